The topological polar surface area (TPSA) is 80.8 Å². The van der Waals surface area contributed by atoms with Crippen LogP contribution in [-0.2, 0) is 14.3 Å². The standard InChI is InChI=1S/C27H17BrClNO5/c1-13-18(29)7-4-8-19(13)30-25(33)20-21(26(30)34)27(35-22(20)14-9-11-15(28)12-10-14)23(31)16-5-2-3-6-17(16)24(27)32/h2-12,20-22H,1H3/t20-,21+,22-/m1/s1. The highest BCUT2D eigenvalue weighted by atomic mass is 79.9. The van der Waals surface area contributed by atoms with Crippen molar-refractivity contribution in [2.24, 2.45) is 11.8 Å². The number of nitrogens with zero attached hydrogens (tertiary/aromatic N) is 1. The summed E-state index contributed by atoms with van der Waals surface area (Å²) in [5.74, 6) is -4.68. The van der Waals surface area contributed by atoms with Gasteiger partial charge in [-0.1, -0.05) is 70.0 Å². The zero-order chi connectivity index (χ0) is 24.6. The van der Waals surface area contributed by atoms with Crippen molar-refractivity contribution in [3.8, 4) is 0 Å². The van der Waals surface area contributed by atoms with Crippen molar-refractivity contribution >= 4 is 56.6 Å². The summed E-state index contributed by atoms with van der Waals surface area (Å²) in [6.45, 7) is 1.71. The van der Waals surface area contributed by atoms with Crippen LogP contribution in [0.3, 0.4) is 0 Å². The zero-order valence-corrected chi connectivity index (χ0v) is 20.7. The Hall–Kier alpha value is -3.13. The number of hydrogen-bond acceptors (Lipinski definition) is 5. The van der Waals surface area contributed by atoms with E-state index >= 15 is 0 Å². The van der Waals surface area contributed by atoms with Gasteiger partial charge >= 0.3 is 0 Å². The molecule has 3 aromatic rings. The quantitative estimate of drug-likeness (QED) is 0.327. The van der Waals surface area contributed by atoms with Crippen molar-refractivity contribution in [2.75, 3.05) is 4.90 Å². The summed E-state index contributed by atoms with van der Waals surface area (Å²) in [4.78, 5) is 56.4. The molecule has 6 rings (SSSR count). The summed E-state index contributed by atoms with van der Waals surface area (Å²) < 4.78 is 7.10. The van der Waals surface area contributed by atoms with Crippen LogP contribution in [0.1, 0.15) is 37.9 Å². The molecule has 2 aliphatic heterocycles. The Morgan fingerprint density at radius 2 is 1.49 bits per heavy atom. The fourth-order valence-corrected chi connectivity index (χ4v) is 5.98. The molecule has 3 aromatic carbocycles. The molecule has 174 valence electrons. The third kappa shape index (κ3) is 2.86. The Labute approximate surface area is 214 Å². The van der Waals surface area contributed by atoms with Crippen LogP contribution in [0.2, 0.25) is 5.02 Å². The lowest BCUT2D eigenvalue weighted by atomic mass is 9.77. The molecule has 3 aliphatic rings. The Balaban J connectivity index is 1.56. The van der Waals surface area contributed by atoms with Gasteiger partial charge < -0.3 is 4.74 Å². The van der Waals surface area contributed by atoms with E-state index in [9.17, 15) is 19.2 Å². The first kappa shape index (κ1) is 22.3. The van der Waals surface area contributed by atoms with E-state index in [0.717, 1.165) is 9.37 Å². The fraction of sp³-hybridized carbons (Fsp3) is 0.185. The molecule has 2 amide bonds. The second-order valence-corrected chi connectivity index (χ2v) is 10.3. The molecule has 3 atom stereocenters. The van der Waals surface area contributed by atoms with Crippen LogP contribution in [-0.4, -0.2) is 29.0 Å². The van der Waals surface area contributed by atoms with E-state index in [-0.39, 0.29) is 11.1 Å². The smallest absolute Gasteiger partial charge is 0.241 e. The number of Topliss-reactive ketones (excluding diaryl/α,β-unsaturated/α-hetero) is 2. The zero-order valence-electron chi connectivity index (χ0n) is 18.3. The first-order valence-electron chi connectivity index (χ1n) is 11.0. The minimum atomic E-state index is -2.10. The van der Waals surface area contributed by atoms with E-state index in [1.54, 1.807) is 73.7 Å². The van der Waals surface area contributed by atoms with Crippen molar-refractivity contribution in [2.45, 2.75) is 18.6 Å². The number of hydrogen-bond donors (Lipinski definition) is 0. The van der Waals surface area contributed by atoms with E-state index in [1.807, 2.05) is 0 Å². The second kappa shape index (κ2) is 7.68. The largest absolute Gasteiger partial charge is 0.349 e. The van der Waals surface area contributed by atoms with E-state index in [4.69, 9.17) is 16.3 Å². The molecule has 1 aliphatic carbocycles. The van der Waals surface area contributed by atoms with Crippen LogP contribution >= 0.6 is 27.5 Å². The van der Waals surface area contributed by atoms with Crippen LogP contribution in [0, 0.1) is 18.8 Å². The molecule has 0 N–H and O–H groups in total. The average Bonchev–Trinajstić information content (AvgIpc) is 3.42. The Morgan fingerprint density at radius 3 is 2.11 bits per heavy atom. The number of imide groups is 1. The summed E-state index contributed by atoms with van der Waals surface area (Å²) in [5, 5.41) is 0.399. The van der Waals surface area contributed by atoms with Gasteiger partial charge in [0.25, 0.3) is 0 Å². The highest BCUT2D eigenvalue weighted by molar-refractivity contribution is 9.10. The number of halogens is 2. The lowest BCUT2D eigenvalue weighted by Gasteiger charge is -2.27. The molecular formula is C27H17BrClNO5. The Bertz CT molecular complexity index is 1430. The van der Waals surface area contributed by atoms with Crippen molar-refractivity contribution in [3.05, 3.63) is 98.5 Å². The Morgan fingerprint density at radius 1 is 0.857 bits per heavy atom. The van der Waals surface area contributed by atoms with Crippen LogP contribution in [0.25, 0.3) is 0 Å². The summed E-state index contributed by atoms with van der Waals surface area (Å²) in [5.41, 5.74) is -0.210. The minimum absolute atomic E-state index is 0.199. The molecule has 0 saturated carbocycles. The third-order valence-electron chi connectivity index (χ3n) is 7.20. The SMILES string of the molecule is Cc1c(Cl)cccc1N1C(=O)[C@H]2[C@@H](c3ccc(Br)cc3)OC3(C(=O)c4ccccc4C3=O)[C@@H]2C1=O. The van der Waals surface area contributed by atoms with Gasteiger partial charge in [0.2, 0.25) is 29.0 Å². The van der Waals surface area contributed by atoms with Crippen LogP contribution in [0.15, 0.2) is 71.2 Å². The van der Waals surface area contributed by atoms with E-state index < -0.39 is 46.9 Å². The van der Waals surface area contributed by atoms with E-state index in [1.165, 1.54) is 0 Å². The van der Waals surface area contributed by atoms with Gasteiger partial charge in [-0.05, 0) is 42.3 Å². The molecule has 6 nitrogen and oxygen atoms in total. The van der Waals surface area contributed by atoms with Gasteiger partial charge in [0.05, 0.1) is 23.6 Å². The molecular weight excluding hydrogens is 534 g/mol. The maximum atomic E-state index is 14.0. The van der Waals surface area contributed by atoms with Gasteiger partial charge in [0, 0.05) is 20.6 Å². The summed E-state index contributed by atoms with van der Waals surface area (Å²) in [6, 6.07) is 18.5. The van der Waals surface area contributed by atoms with E-state index in [0.29, 0.717) is 21.8 Å². The van der Waals surface area contributed by atoms with Gasteiger partial charge in [0.15, 0.2) is 0 Å². The van der Waals surface area contributed by atoms with Gasteiger partial charge in [-0.15, -0.1) is 0 Å². The fourth-order valence-electron chi connectivity index (χ4n) is 5.55. The van der Waals surface area contributed by atoms with Crippen molar-refractivity contribution in [1.82, 2.24) is 0 Å². The molecule has 35 heavy (non-hydrogen) atoms. The first-order chi connectivity index (χ1) is 16.8. The number of carbonyl (C=O) groups is 4. The third-order valence-corrected chi connectivity index (χ3v) is 8.14. The molecule has 2 fully saturated rings. The number of benzene rings is 3. The number of rotatable bonds is 2. The van der Waals surface area contributed by atoms with Gasteiger partial charge in [-0.3, -0.25) is 19.2 Å². The molecule has 2 saturated heterocycles. The van der Waals surface area contributed by atoms with Crippen LogP contribution < -0.4 is 4.90 Å². The number of amides is 2. The van der Waals surface area contributed by atoms with Gasteiger partial charge in [-0.2, -0.15) is 0 Å². The molecule has 0 unspecified atom stereocenters. The number of ether oxygens (including phenoxy) is 1. The molecule has 2 heterocycles. The Kier molecular flexibility index (Phi) is 4.90. The lowest BCUT2D eigenvalue weighted by Crippen LogP contribution is -2.51. The average molecular weight is 551 g/mol. The number of carbonyl (C=O) groups excluding carboxylic acids is 4. The molecule has 8 heteroatoms. The summed E-state index contributed by atoms with van der Waals surface area (Å²) in [6.07, 6.45) is -0.962. The maximum absolute atomic E-state index is 14.0. The van der Waals surface area contributed by atoms with Crippen LogP contribution in [0.5, 0.6) is 0 Å². The molecule has 0 aromatic heterocycles. The lowest BCUT2D eigenvalue weighted by molar-refractivity contribution is -0.127. The highest BCUT2D eigenvalue weighted by Gasteiger charge is 2.74. The minimum Gasteiger partial charge on any atom is -0.349 e. The first-order valence-corrected chi connectivity index (χ1v) is 12.2. The maximum Gasteiger partial charge on any atom is 0.241 e. The predicted octanol–water partition coefficient (Wildman–Crippen LogP) is 5.11. The van der Waals surface area contributed by atoms with Crippen LogP contribution in [0.4, 0.5) is 5.69 Å². The summed E-state index contributed by atoms with van der Waals surface area (Å²) >= 11 is 9.68. The number of anilines is 1. The number of ketones is 2. The highest BCUT2D eigenvalue weighted by Crippen LogP contribution is 2.58. The monoisotopic (exact) mass is 549 g/mol. The van der Waals surface area contributed by atoms with E-state index in [2.05, 4.69) is 15.9 Å². The molecule has 1 spiro atoms. The van der Waals surface area contributed by atoms with Gasteiger partial charge in [0.1, 0.15) is 0 Å². The van der Waals surface area contributed by atoms with Crippen molar-refractivity contribution in [1.29, 1.82) is 0 Å². The normalized spacial score (nSPS) is 24.4. The molecule has 0 bridgehead atoms. The number of fused-ring (bicyclic) bond motifs is 3. The van der Waals surface area contributed by atoms with Crippen molar-refractivity contribution in [3.63, 3.8) is 0 Å². The van der Waals surface area contributed by atoms with Crippen molar-refractivity contribution < 1.29 is 23.9 Å². The summed E-state index contributed by atoms with van der Waals surface area (Å²) in [7, 11) is 0. The second-order valence-electron chi connectivity index (χ2n) is 8.93. The van der Waals surface area contributed by atoms with Gasteiger partial charge in [-0.25, -0.2) is 4.90 Å². The predicted molar refractivity (Wildman–Crippen MR) is 131 cm³/mol. The molecule has 0 radical (unpaired) electrons.